The highest BCUT2D eigenvalue weighted by molar-refractivity contribution is 6.22. The van der Waals surface area contributed by atoms with Gasteiger partial charge in [-0.3, -0.25) is 9.59 Å². The monoisotopic (exact) mass is 204 g/mol. The summed E-state index contributed by atoms with van der Waals surface area (Å²) in [6.45, 7) is 2.33. The summed E-state index contributed by atoms with van der Waals surface area (Å²) in [6.07, 6.45) is -4.04. The van der Waals surface area contributed by atoms with E-state index in [0.717, 1.165) is 13.0 Å². The summed E-state index contributed by atoms with van der Waals surface area (Å²) in [5.41, 5.74) is -1.84. The summed E-state index contributed by atoms with van der Waals surface area (Å²) in [4.78, 5) is 22.2. The number of carbonyl (C=O) groups is 2. The van der Waals surface area contributed by atoms with Gasteiger partial charge >= 0.3 is 6.18 Å². The van der Waals surface area contributed by atoms with Crippen LogP contribution in [0.4, 0.5) is 13.2 Å². The summed E-state index contributed by atoms with van der Waals surface area (Å²) < 4.78 is 36.8. The molecule has 0 aromatic rings. The van der Waals surface area contributed by atoms with E-state index in [1.54, 1.807) is 0 Å². The molecule has 0 fully saturated rings. The number of hydrogen-bond donors (Lipinski definition) is 0. The molecule has 0 saturated carbocycles. The molecule has 0 radical (unpaired) electrons. The molecule has 0 aromatic carbocycles. The second-order valence-corrected chi connectivity index (χ2v) is 3.02. The Bertz CT molecular complexity index is 372. The minimum atomic E-state index is -4.76. The molecule has 0 spiro atoms. The molecule has 14 heavy (non-hydrogen) atoms. The van der Waals surface area contributed by atoms with Gasteiger partial charge in [-0.05, 0) is 19.9 Å². The Morgan fingerprint density at radius 3 is 2.07 bits per heavy atom. The molecule has 0 aliphatic heterocycles. The lowest BCUT2D eigenvalue weighted by molar-refractivity contribution is -0.128. The Kier molecular flexibility index (Phi) is 2.35. The number of alkyl halides is 3. The molecular formula is C9H7F3O2. The largest absolute Gasteiger partial charge is 0.420 e. The van der Waals surface area contributed by atoms with E-state index in [1.165, 1.54) is 6.92 Å². The van der Waals surface area contributed by atoms with Crippen molar-refractivity contribution in [3.63, 3.8) is 0 Å². The summed E-state index contributed by atoms with van der Waals surface area (Å²) in [6, 6.07) is 0. The Morgan fingerprint density at radius 1 is 1.14 bits per heavy atom. The van der Waals surface area contributed by atoms with Crippen molar-refractivity contribution in [1.29, 1.82) is 0 Å². The lowest BCUT2D eigenvalue weighted by Crippen LogP contribution is -2.26. The number of Topliss-reactive ketones (excluding diaryl/α,β-unsaturated/α-hetero) is 1. The normalized spacial score (nSPS) is 18.8. The van der Waals surface area contributed by atoms with Crippen molar-refractivity contribution in [3.05, 3.63) is 22.8 Å². The zero-order valence-electron chi connectivity index (χ0n) is 7.53. The number of carbonyl (C=O) groups excluding carboxylic acids is 2. The fourth-order valence-corrected chi connectivity index (χ4v) is 1.28. The average molecular weight is 204 g/mol. The maximum Gasteiger partial charge on any atom is 0.420 e. The standard InChI is InChI=1S/C9H7F3O2/c1-4-3-6(13)7(9(10,11)12)5(2)8(4)14/h3H,1-2H3. The van der Waals surface area contributed by atoms with E-state index in [1.807, 2.05) is 0 Å². The fourth-order valence-electron chi connectivity index (χ4n) is 1.28. The average Bonchev–Trinajstić information content (AvgIpc) is 1.97. The van der Waals surface area contributed by atoms with E-state index in [-0.39, 0.29) is 5.57 Å². The van der Waals surface area contributed by atoms with Gasteiger partial charge in [-0.2, -0.15) is 13.2 Å². The van der Waals surface area contributed by atoms with Crippen molar-refractivity contribution < 1.29 is 22.8 Å². The predicted molar refractivity (Wildman–Crippen MR) is 42.5 cm³/mol. The van der Waals surface area contributed by atoms with Crippen molar-refractivity contribution in [2.75, 3.05) is 0 Å². The van der Waals surface area contributed by atoms with Gasteiger partial charge in [-0.1, -0.05) is 0 Å². The second-order valence-electron chi connectivity index (χ2n) is 3.02. The van der Waals surface area contributed by atoms with E-state index in [9.17, 15) is 22.8 Å². The molecule has 5 heteroatoms. The first-order chi connectivity index (χ1) is 6.25. The van der Waals surface area contributed by atoms with E-state index in [0.29, 0.717) is 0 Å². The highest BCUT2D eigenvalue weighted by Crippen LogP contribution is 2.32. The first kappa shape index (κ1) is 10.7. The van der Waals surface area contributed by atoms with Crippen LogP contribution < -0.4 is 0 Å². The number of halogens is 3. The molecule has 76 valence electrons. The van der Waals surface area contributed by atoms with Crippen molar-refractivity contribution >= 4 is 11.6 Å². The van der Waals surface area contributed by atoms with Gasteiger partial charge in [-0.25, -0.2) is 0 Å². The number of allylic oxidation sites excluding steroid dienone is 4. The SMILES string of the molecule is CC1=CC(=O)C(C(F)(F)F)=C(C)C1=O. The Balaban J connectivity index is 3.31. The number of rotatable bonds is 0. The Morgan fingerprint density at radius 2 is 1.64 bits per heavy atom. The van der Waals surface area contributed by atoms with Gasteiger partial charge in [0.25, 0.3) is 0 Å². The molecule has 0 atom stereocenters. The zero-order valence-corrected chi connectivity index (χ0v) is 7.53. The highest BCUT2D eigenvalue weighted by Gasteiger charge is 2.42. The molecule has 0 unspecified atom stereocenters. The lowest BCUT2D eigenvalue weighted by atomic mass is 9.91. The summed E-state index contributed by atoms with van der Waals surface area (Å²) in [5, 5.41) is 0. The molecular weight excluding hydrogens is 197 g/mol. The van der Waals surface area contributed by atoms with E-state index >= 15 is 0 Å². The topological polar surface area (TPSA) is 34.1 Å². The van der Waals surface area contributed by atoms with Crippen LogP contribution in [-0.4, -0.2) is 17.7 Å². The molecule has 1 rings (SSSR count). The molecule has 0 bridgehead atoms. The van der Waals surface area contributed by atoms with Crippen LogP contribution in [-0.2, 0) is 9.59 Å². The van der Waals surface area contributed by atoms with Gasteiger partial charge in [0.15, 0.2) is 11.6 Å². The molecule has 2 nitrogen and oxygen atoms in total. The summed E-state index contributed by atoms with van der Waals surface area (Å²) >= 11 is 0. The Labute approximate surface area is 78.1 Å². The van der Waals surface area contributed by atoms with Crippen molar-refractivity contribution in [1.82, 2.24) is 0 Å². The van der Waals surface area contributed by atoms with Gasteiger partial charge in [0.1, 0.15) is 5.57 Å². The van der Waals surface area contributed by atoms with Gasteiger partial charge < -0.3 is 0 Å². The highest BCUT2D eigenvalue weighted by atomic mass is 19.4. The van der Waals surface area contributed by atoms with Crippen LogP contribution in [0.1, 0.15) is 13.8 Å². The zero-order chi connectivity index (χ0) is 11.1. The predicted octanol–water partition coefficient (Wildman–Crippen LogP) is 1.96. The van der Waals surface area contributed by atoms with E-state index in [4.69, 9.17) is 0 Å². The quantitative estimate of drug-likeness (QED) is 0.565. The fraction of sp³-hybridized carbons (Fsp3) is 0.333. The first-order valence-electron chi connectivity index (χ1n) is 3.80. The Hall–Kier alpha value is -1.39. The van der Waals surface area contributed by atoms with Crippen molar-refractivity contribution in [3.8, 4) is 0 Å². The minimum Gasteiger partial charge on any atom is -0.289 e. The number of hydrogen-bond acceptors (Lipinski definition) is 2. The van der Waals surface area contributed by atoms with Crippen molar-refractivity contribution in [2.24, 2.45) is 0 Å². The third kappa shape index (κ3) is 1.62. The van der Waals surface area contributed by atoms with E-state index < -0.39 is 28.9 Å². The molecule has 0 amide bonds. The summed E-state index contributed by atoms with van der Waals surface area (Å²) in [5.74, 6) is -1.87. The molecule has 0 N–H and O–H groups in total. The third-order valence-electron chi connectivity index (χ3n) is 1.95. The molecule has 0 aromatic heterocycles. The maximum absolute atomic E-state index is 12.3. The molecule has 1 aliphatic carbocycles. The molecule has 1 aliphatic rings. The smallest absolute Gasteiger partial charge is 0.289 e. The lowest BCUT2D eigenvalue weighted by Gasteiger charge is -2.16. The van der Waals surface area contributed by atoms with Crippen molar-refractivity contribution in [2.45, 2.75) is 20.0 Å². The van der Waals surface area contributed by atoms with Gasteiger partial charge in [0, 0.05) is 11.1 Å². The second kappa shape index (κ2) is 3.08. The van der Waals surface area contributed by atoms with Gasteiger partial charge in [0.05, 0.1) is 0 Å². The van der Waals surface area contributed by atoms with E-state index in [2.05, 4.69) is 0 Å². The van der Waals surface area contributed by atoms with Gasteiger partial charge in [-0.15, -0.1) is 0 Å². The molecule has 0 saturated heterocycles. The third-order valence-corrected chi connectivity index (χ3v) is 1.95. The van der Waals surface area contributed by atoms with Crippen LogP contribution in [0.2, 0.25) is 0 Å². The van der Waals surface area contributed by atoms with Crippen LogP contribution in [0.25, 0.3) is 0 Å². The first-order valence-corrected chi connectivity index (χ1v) is 3.80. The van der Waals surface area contributed by atoms with Crippen LogP contribution in [0, 0.1) is 0 Å². The van der Waals surface area contributed by atoms with Crippen LogP contribution in [0.15, 0.2) is 22.8 Å². The molecule has 0 heterocycles. The maximum atomic E-state index is 12.3. The van der Waals surface area contributed by atoms with Gasteiger partial charge in [0.2, 0.25) is 0 Å². The number of ketones is 2. The minimum absolute atomic E-state index is 0.0421. The van der Waals surface area contributed by atoms with Crippen LogP contribution in [0.3, 0.4) is 0 Å². The summed E-state index contributed by atoms with van der Waals surface area (Å²) in [7, 11) is 0. The van der Waals surface area contributed by atoms with Crippen LogP contribution in [0.5, 0.6) is 0 Å². The van der Waals surface area contributed by atoms with Crippen LogP contribution >= 0.6 is 0 Å².